The molecule has 0 unspecified atom stereocenters. The van der Waals surface area contributed by atoms with E-state index in [2.05, 4.69) is 10.1 Å². The van der Waals surface area contributed by atoms with Gasteiger partial charge in [-0.2, -0.15) is 9.29 Å². The normalized spacial score (nSPS) is 15.9. The zero-order valence-electron chi connectivity index (χ0n) is 13.3. The number of methoxy groups -OCH3 is 1. The summed E-state index contributed by atoms with van der Waals surface area (Å²) in [6, 6.07) is 10.7. The molecule has 1 fully saturated rings. The van der Waals surface area contributed by atoms with Crippen molar-refractivity contribution in [2.45, 2.75) is 10.1 Å². The number of nitrogens with zero attached hydrogens (tertiary/aromatic N) is 3. The van der Waals surface area contributed by atoms with E-state index in [1.54, 1.807) is 24.6 Å². The lowest BCUT2D eigenvalue weighted by Crippen LogP contribution is -2.48. The van der Waals surface area contributed by atoms with Crippen molar-refractivity contribution in [1.82, 2.24) is 14.4 Å². The van der Waals surface area contributed by atoms with Crippen LogP contribution in [0.2, 0.25) is 0 Å². The van der Waals surface area contributed by atoms with Gasteiger partial charge >= 0.3 is 0 Å². The Morgan fingerprint density at radius 1 is 1.24 bits per heavy atom. The number of rotatable bonds is 5. The summed E-state index contributed by atoms with van der Waals surface area (Å²) in [4.78, 5) is 4.41. The molecule has 0 saturated carbocycles. The molecule has 1 saturated heterocycles. The van der Waals surface area contributed by atoms with E-state index in [-0.39, 0.29) is 5.92 Å². The first-order valence-corrected chi connectivity index (χ1v) is 9.92. The smallest absolute Gasteiger partial charge is 0.252 e. The molecule has 0 radical (unpaired) electrons. The average molecular weight is 377 g/mol. The Labute approximate surface area is 148 Å². The van der Waals surface area contributed by atoms with Crippen LogP contribution in [0, 0.1) is 0 Å². The average Bonchev–Trinajstić information content (AvgIpc) is 3.25. The van der Waals surface area contributed by atoms with Crippen LogP contribution in [0.1, 0.15) is 11.8 Å². The Kier molecular flexibility index (Phi) is 4.06. The van der Waals surface area contributed by atoms with Crippen LogP contribution in [0.5, 0.6) is 5.75 Å². The number of aromatic nitrogens is 2. The highest BCUT2D eigenvalue weighted by Crippen LogP contribution is 2.34. The lowest BCUT2D eigenvalue weighted by Gasteiger charge is -2.35. The number of hydrogen-bond donors (Lipinski definition) is 0. The molecule has 0 spiro atoms. The van der Waals surface area contributed by atoms with E-state index in [0.29, 0.717) is 34.8 Å². The molecule has 1 aliphatic heterocycles. The van der Waals surface area contributed by atoms with Gasteiger partial charge in [-0.05, 0) is 23.6 Å². The number of benzene rings is 1. The zero-order chi connectivity index (χ0) is 17.4. The van der Waals surface area contributed by atoms with E-state index in [1.807, 2.05) is 24.3 Å². The molecular weight excluding hydrogens is 362 g/mol. The quantitative estimate of drug-likeness (QED) is 0.679. The molecule has 9 heteroatoms. The molecule has 1 aliphatic rings. The number of thiophene rings is 1. The second kappa shape index (κ2) is 6.25. The Morgan fingerprint density at radius 3 is 2.76 bits per heavy atom. The monoisotopic (exact) mass is 377 g/mol. The number of sulfonamides is 1. The molecule has 0 amide bonds. The first kappa shape index (κ1) is 16.2. The summed E-state index contributed by atoms with van der Waals surface area (Å²) in [7, 11) is -1.83. The lowest BCUT2D eigenvalue weighted by atomic mass is 10.0. The Balaban J connectivity index is 1.50. The van der Waals surface area contributed by atoms with Crippen molar-refractivity contribution in [1.29, 1.82) is 0 Å². The second-order valence-electron chi connectivity index (χ2n) is 5.61. The summed E-state index contributed by atoms with van der Waals surface area (Å²) < 4.78 is 37.3. The minimum absolute atomic E-state index is 0.0919. The van der Waals surface area contributed by atoms with Crippen LogP contribution < -0.4 is 4.74 Å². The van der Waals surface area contributed by atoms with Crippen LogP contribution in [0.3, 0.4) is 0 Å². The van der Waals surface area contributed by atoms with Crippen LogP contribution in [0.4, 0.5) is 0 Å². The van der Waals surface area contributed by atoms with Crippen LogP contribution in [-0.2, 0) is 10.0 Å². The van der Waals surface area contributed by atoms with E-state index in [1.165, 1.54) is 15.6 Å². The van der Waals surface area contributed by atoms with Crippen LogP contribution in [0.15, 0.2) is 50.5 Å². The van der Waals surface area contributed by atoms with Crippen LogP contribution in [-0.4, -0.2) is 43.1 Å². The predicted molar refractivity (Wildman–Crippen MR) is 92.1 cm³/mol. The summed E-state index contributed by atoms with van der Waals surface area (Å²) in [6.07, 6.45) is 0. The maximum Gasteiger partial charge on any atom is 0.252 e. The Hall–Kier alpha value is -2.23. The fraction of sp³-hybridized carbons (Fsp3) is 0.250. The third-order valence-corrected chi connectivity index (χ3v) is 7.28. The highest BCUT2D eigenvalue weighted by Gasteiger charge is 2.40. The SMILES string of the molecule is COc1ccccc1-c1noc(C2CN(S(=O)(=O)c3cccs3)C2)n1. The molecule has 7 nitrogen and oxygen atoms in total. The lowest BCUT2D eigenvalue weighted by molar-refractivity contribution is 0.217. The van der Waals surface area contributed by atoms with Gasteiger partial charge in [0.1, 0.15) is 9.96 Å². The Morgan fingerprint density at radius 2 is 2.04 bits per heavy atom. The first-order valence-electron chi connectivity index (χ1n) is 7.60. The topological polar surface area (TPSA) is 85.5 Å². The van der Waals surface area contributed by atoms with Crippen molar-refractivity contribution in [2.75, 3.05) is 20.2 Å². The van der Waals surface area contributed by atoms with E-state index in [0.717, 1.165) is 5.56 Å². The number of ether oxygens (including phenoxy) is 1. The van der Waals surface area contributed by atoms with Gasteiger partial charge < -0.3 is 9.26 Å². The molecule has 0 atom stereocenters. The maximum atomic E-state index is 12.4. The van der Waals surface area contributed by atoms with Gasteiger partial charge in [-0.1, -0.05) is 23.4 Å². The third-order valence-electron chi connectivity index (χ3n) is 4.08. The number of para-hydroxylation sites is 1. The van der Waals surface area contributed by atoms with Gasteiger partial charge in [0.15, 0.2) is 0 Å². The van der Waals surface area contributed by atoms with Gasteiger partial charge in [-0.25, -0.2) is 8.42 Å². The van der Waals surface area contributed by atoms with Gasteiger partial charge in [0, 0.05) is 13.1 Å². The maximum absolute atomic E-state index is 12.4. The van der Waals surface area contributed by atoms with E-state index in [9.17, 15) is 8.42 Å². The standard InChI is InChI=1S/C16H15N3O4S2/c1-22-13-6-3-2-5-12(13)15-17-16(23-18-15)11-9-19(10-11)25(20,21)14-7-4-8-24-14/h2-8,11H,9-10H2,1H3. The molecule has 130 valence electrons. The van der Waals surface area contributed by atoms with Gasteiger partial charge in [0.2, 0.25) is 11.7 Å². The molecule has 0 bridgehead atoms. The highest BCUT2D eigenvalue weighted by atomic mass is 32.2. The van der Waals surface area contributed by atoms with Crippen molar-refractivity contribution in [3.63, 3.8) is 0 Å². The summed E-state index contributed by atoms with van der Waals surface area (Å²) in [6.45, 7) is 0.682. The molecule has 3 aromatic rings. The molecule has 2 aromatic heterocycles. The minimum Gasteiger partial charge on any atom is -0.496 e. The summed E-state index contributed by atoms with van der Waals surface area (Å²) >= 11 is 1.22. The molecule has 3 heterocycles. The van der Waals surface area contributed by atoms with Crippen molar-refractivity contribution >= 4 is 21.4 Å². The number of hydrogen-bond acceptors (Lipinski definition) is 7. The molecule has 4 rings (SSSR count). The highest BCUT2D eigenvalue weighted by molar-refractivity contribution is 7.91. The summed E-state index contributed by atoms with van der Waals surface area (Å²) in [5.74, 6) is 1.45. The molecule has 0 aliphatic carbocycles. The molecule has 1 aromatic carbocycles. The van der Waals surface area contributed by atoms with Crippen molar-refractivity contribution < 1.29 is 17.7 Å². The molecule has 0 N–H and O–H groups in total. The van der Waals surface area contributed by atoms with Gasteiger partial charge in [0.25, 0.3) is 10.0 Å². The summed E-state index contributed by atoms with van der Waals surface area (Å²) in [5, 5.41) is 5.75. The second-order valence-corrected chi connectivity index (χ2v) is 8.72. The van der Waals surface area contributed by atoms with E-state index >= 15 is 0 Å². The molecular formula is C16H15N3O4S2. The first-order chi connectivity index (χ1) is 12.1. The van der Waals surface area contributed by atoms with Gasteiger partial charge in [0.05, 0.1) is 18.6 Å². The largest absolute Gasteiger partial charge is 0.496 e. The zero-order valence-corrected chi connectivity index (χ0v) is 15.0. The van der Waals surface area contributed by atoms with Crippen LogP contribution in [0.25, 0.3) is 11.4 Å². The van der Waals surface area contributed by atoms with Crippen molar-refractivity contribution in [3.8, 4) is 17.1 Å². The van der Waals surface area contributed by atoms with Crippen molar-refractivity contribution in [2.24, 2.45) is 0 Å². The fourth-order valence-electron chi connectivity index (χ4n) is 2.67. The van der Waals surface area contributed by atoms with E-state index in [4.69, 9.17) is 9.26 Å². The van der Waals surface area contributed by atoms with Crippen LogP contribution >= 0.6 is 11.3 Å². The molecule has 25 heavy (non-hydrogen) atoms. The third kappa shape index (κ3) is 2.84. The van der Waals surface area contributed by atoms with Gasteiger partial charge in [-0.3, -0.25) is 0 Å². The van der Waals surface area contributed by atoms with Gasteiger partial charge in [-0.15, -0.1) is 11.3 Å². The summed E-state index contributed by atoms with van der Waals surface area (Å²) in [5.41, 5.74) is 0.738. The Bertz CT molecular complexity index is 976. The predicted octanol–water partition coefficient (Wildman–Crippen LogP) is 2.59. The minimum atomic E-state index is -3.41. The van der Waals surface area contributed by atoms with Crippen molar-refractivity contribution in [3.05, 3.63) is 47.7 Å². The van der Waals surface area contributed by atoms with E-state index < -0.39 is 10.0 Å². The fourth-order valence-corrected chi connectivity index (χ4v) is 5.34.